The number of carbonyl (C=O) groups excluding carboxylic acids is 2. The molecule has 0 bridgehead atoms. The first-order valence-electron chi connectivity index (χ1n) is 6.01. The van der Waals surface area contributed by atoms with Crippen molar-refractivity contribution in [1.82, 2.24) is 5.32 Å². The Balaban J connectivity index is 1.99. The molecule has 0 spiro atoms. The van der Waals surface area contributed by atoms with Gasteiger partial charge in [0.2, 0.25) is 11.8 Å². The van der Waals surface area contributed by atoms with E-state index in [4.69, 9.17) is 4.74 Å². The van der Waals surface area contributed by atoms with Crippen LogP contribution in [-0.4, -0.2) is 25.5 Å². The Morgan fingerprint density at radius 3 is 2.89 bits per heavy atom. The van der Waals surface area contributed by atoms with Crippen molar-refractivity contribution in [2.45, 2.75) is 12.8 Å². The molecular formula is C13H15FN2O3. The second kappa shape index (κ2) is 5.69. The molecule has 2 N–H and O–H groups in total. The van der Waals surface area contributed by atoms with E-state index in [2.05, 4.69) is 10.6 Å². The van der Waals surface area contributed by atoms with Gasteiger partial charge in [0.15, 0.2) is 11.6 Å². The molecule has 1 fully saturated rings. The molecule has 1 aromatic rings. The van der Waals surface area contributed by atoms with Crippen molar-refractivity contribution in [2.75, 3.05) is 19.0 Å². The van der Waals surface area contributed by atoms with E-state index in [1.54, 1.807) is 6.07 Å². The van der Waals surface area contributed by atoms with Crippen LogP contribution in [0, 0.1) is 11.7 Å². The van der Waals surface area contributed by atoms with Crippen molar-refractivity contribution in [3.05, 3.63) is 24.0 Å². The summed E-state index contributed by atoms with van der Waals surface area (Å²) in [4.78, 5) is 22.9. The number of hydrogen-bond donors (Lipinski definition) is 2. The summed E-state index contributed by atoms with van der Waals surface area (Å²) < 4.78 is 18.3. The van der Waals surface area contributed by atoms with Crippen LogP contribution >= 0.6 is 0 Å². The summed E-state index contributed by atoms with van der Waals surface area (Å²) in [6.07, 6.45) is 0.853. The van der Waals surface area contributed by atoms with Gasteiger partial charge in [0.05, 0.1) is 13.0 Å². The number of anilines is 1. The highest BCUT2D eigenvalue weighted by Crippen LogP contribution is 2.21. The lowest BCUT2D eigenvalue weighted by Crippen LogP contribution is -2.40. The van der Waals surface area contributed by atoms with Crippen LogP contribution < -0.4 is 15.4 Å². The monoisotopic (exact) mass is 266 g/mol. The van der Waals surface area contributed by atoms with Gasteiger partial charge >= 0.3 is 0 Å². The topological polar surface area (TPSA) is 67.4 Å². The Kier molecular flexibility index (Phi) is 3.99. The van der Waals surface area contributed by atoms with Crippen LogP contribution in [0.15, 0.2) is 18.2 Å². The maximum absolute atomic E-state index is 13.5. The minimum Gasteiger partial charge on any atom is -0.494 e. The molecule has 5 nitrogen and oxygen atoms in total. The zero-order chi connectivity index (χ0) is 13.8. The molecule has 19 heavy (non-hydrogen) atoms. The quantitative estimate of drug-likeness (QED) is 0.866. The minimum absolute atomic E-state index is 0.0421. The van der Waals surface area contributed by atoms with Crippen molar-refractivity contribution in [2.24, 2.45) is 5.92 Å². The number of carbonyl (C=O) groups is 2. The van der Waals surface area contributed by atoms with Gasteiger partial charge in [-0.2, -0.15) is 0 Å². The second-order valence-corrected chi connectivity index (χ2v) is 4.38. The Hall–Kier alpha value is -2.11. The van der Waals surface area contributed by atoms with E-state index in [1.165, 1.54) is 19.2 Å². The maximum Gasteiger partial charge on any atom is 0.229 e. The van der Waals surface area contributed by atoms with Gasteiger partial charge in [-0.1, -0.05) is 0 Å². The van der Waals surface area contributed by atoms with E-state index in [-0.39, 0.29) is 23.5 Å². The molecule has 1 aromatic carbocycles. The van der Waals surface area contributed by atoms with E-state index in [1.807, 2.05) is 0 Å². The minimum atomic E-state index is -0.530. The molecule has 0 aromatic heterocycles. The predicted molar refractivity (Wildman–Crippen MR) is 67.3 cm³/mol. The van der Waals surface area contributed by atoms with E-state index in [9.17, 15) is 14.0 Å². The molecule has 1 atom stereocenters. The summed E-state index contributed by atoms with van der Waals surface area (Å²) in [5, 5.41) is 5.27. The first-order valence-corrected chi connectivity index (χ1v) is 6.01. The molecule has 1 aliphatic heterocycles. The van der Waals surface area contributed by atoms with Crippen LogP contribution in [0.2, 0.25) is 0 Å². The molecule has 1 aliphatic rings. The maximum atomic E-state index is 13.5. The lowest BCUT2D eigenvalue weighted by Gasteiger charge is -2.21. The molecule has 1 unspecified atom stereocenters. The fraction of sp³-hybridized carbons (Fsp3) is 0.385. The van der Waals surface area contributed by atoms with E-state index >= 15 is 0 Å². The van der Waals surface area contributed by atoms with Gasteiger partial charge in [0.25, 0.3) is 0 Å². The number of hydrogen-bond acceptors (Lipinski definition) is 3. The average molecular weight is 266 g/mol. The van der Waals surface area contributed by atoms with Gasteiger partial charge in [-0.05, 0) is 18.6 Å². The highest BCUT2D eigenvalue weighted by Gasteiger charge is 2.24. The third-order valence-corrected chi connectivity index (χ3v) is 3.06. The Bertz CT molecular complexity index is 495. The third-order valence-electron chi connectivity index (χ3n) is 3.06. The van der Waals surface area contributed by atoms with Gasteiger partial charge in [0, 0.05) is 24.7 Å². The fourth-order valence-electron chi connectivity index (χ4n) is 1.95. The summed E-state index contributed by atoms with van der Waals surface area (Å²) in [5.74, 6) is -0.938. The number of halogens is 1. The lowest BCUT2D eigenvalue weighted by molar-refractivity contribution is -0.126. The number of rotatable bonds is 3. The van der Waals surface area contributed by atoms with Crippen molar-refractivity contribution in [3.8, 4) is 5.75 Å². The van der Waals surface area contributed by atoms with Crippen LogP contribution in [0.3, 0.4) is 0 Å². The Morgan fingerprint density at radius 2 is 2.32 bits per heavy atom. The largest absolute Gasteiger partial charge is 0.494 e. The number of piperidine rings is 1. The van der Waals surface area contributed by atoms with Gasteiger partial charge < -0.3 is 15.4 Å². The van der Waals surface area contributed by atoms with E-state index in [0.717, 1.165) is 0 Å². The summed E-state index contributed by atoms with van der Waals surface area (Å²) in [6, 6.07) is 4.23. The number of ether oxygens (including phenoxy) is 1. The van der Waals surface area contributed by atoms with Crippen LogP contribution in [0.5, 0.6) is 5.75 Å². The summed E-state index contributed by atoms with van der Waals surface area (Å²) in [6.45, 7) is 0.323. The Morgan fingerprint density at radius 1 is 1.53 bits per heavy atom. The first-order chi connectivity index (χ1) is 9.10. The van der Waals surface area contributed by atoms with Crippen molar-refractivity contribution < 1.29 is 18.7 Å². The van der Waals surface area contributed by atoms with Gasteiger partial charge in [-0.25, -0.2) is 4.39 Å². The number of benzene rings is 1. The Labute approximate surface area is 110 Å². The van der Waals surface area contributed by atoms with Crippen LogP contribution in [0.4, 0.5) is 10.1 Å². The van der Waals surface area contributed by atoms with E-state index in [0.29, 0.717) is 25.1 Å². The standard InChI is InChI=1S/C13H15FN2O3/c1-19-11-4-3-9(6-10(11)14)16-13(18)8-2-5-12(17)15-7-8/h3-4,6,8H,2,5,7H2,1H3,(H,15,17)(H,16,18). The summed E-state index contributed by atoms with van der Waals surface area (Å²) in [5.41, 5.74) is 0.375. The first kappa shape index (κ1) is 13.3. The highest BCUT2D eigenvalue weighted by molar-refractivity contribution is 5.94. The van der Waals surface area contributed by atoms with Crippen molar-refractivity contribution >= 4 is 17.5 Å². The lowest BCUT2D eigenvalue weighted by atomic mass is 9.98. The number of methoxy groups -OCH3 is 1. The molecular weight excluding hydrogens is 251 g/mol. The summed E-state index contributed by atoms with van der Waals surface area (Å²) in [7, 11) is 1.38. The molecule has 1 saturated heterocycles. The van der Waals surface area contributed by atoms with Gasteiger partial charge in [-0.15, -0.1) is 0 Å². The number of amides is 2. The fourth-order valence-corrected chi connectivity index (χ4v) is 1.95. The second-order valence-electron chi connectivity index (χ2n) is 4.38. The van der Waals surface area contributed by atoms with Crippen molar-refractivity contribution in [1.29, 1.82) is 0 Å². The predicted octanol–water partition coefficient (Wildman–Crippen LogP) is 1.30. The molecule has 0 saturated carbocycles. The molecule has 2 amide bonds. The van der Waals surface area contributed by atoms with Crippen LogP contribution in [-0.2, 0) is 9.59 Å². The highest BCUT2D eigenvalue weighted by atomic mass is 19.1. The van der Waals surface area contributed by atoms with Crippen LogP contribution in [0.25, 0.3) is 0 Å². The molecule has 0 aliphatic carbocycles. The molecule has 6 heteroatoms. The van der Waals surface area contributed by atoms with Crippen molar-refractivity contribution in [3.63, 3.8) is 0 Å². The van der Waals surface area contributed by atoms with E-state index < -0.39 is 5.82 Å². The molecule has 1 heterocycles. The third kappa shape index (κ3) is 3.21. The zero-order valence-corrected chi connectivity index (χ0v) is 10.5. The van der Waals surface area contributed by atoms with Gasteiger partial charge in [-0.3, -0.25) is 9.59 Å². The molecule has 0 radical (unpaired) electrons. The number of nitrogens with one attached hydrogen (secondary N) is 2. The smallest absolute Gasteiger partial charge is 0.229 e. The summed E-state index contributed by atoms with van der Waals surface area (Å²) >= 11 is 0. The molecule has 2 rings (SSSR count). The van der Waals surface area contributed by atoms with Crippen LogP contribution in [0.1, 0.15) is 12.8 Å². The zero-order valence-electron chi connectivity index (χ0n) is 10.5. The molecule has 102 valence electrons. The average Bonchev–Trinajstić information content (AvgIpc) is 2.39. The normalized spacial score (nSPS) is 18.6. The SMILES string of the molecule is COc1ccc(NC(=O)C2CCC(=O)NC2)cc1F. The van der Waals surface area contributed by atoms with Gasteiger partial charge in [0.1, 0.15) is 0 Å².